The number of aromatic hydroxyl groups is 1. The highest BCUT2D eigenvalue weighted by Gasteiger charge is 2.19. The summed E-state index contributed by atoms with van der Waals surface area (Å²) in [5.41, 5.74) is 7.24. The molecule has 5 nitrogen and oxygen atoms in total. The molecule has 0 spiro atoms. The number of anilines is 2. The molecule has 0 aromatic heterocycles. The largest absolute Gasteiger partial charge is 0.508 e. The fourth-order valence-corrected chi connectivity index (χ4v) is 3.01. The molecule has 0 amide bonds. The Kier molecular flexibility index (Phi) is 3.85. The Morgan fingerprint density at radius 3 is 2.40 bits per heavy atom. The fourth-order valence-electron chi connectivity index (χ4n) is 1.77. The number of nitrogens with two attached hydrogens (primary N) is 1. The third kappa shape index (κ3) is 3.21. The molecule has 2 rings (SSSR count). The highest BCUT2D eigenvalue weighted by atomic mass is 32.2. The minimum absolute atomic E-state index is 0.0250. The van der Waals surface area contributed by atoms with Crippen LogP contribution in [0.2, 0.25) is 0 Å². The normalized spacial score (nSPS) is 11.2. The van der Waals surface area contributed by atoms with E-state index in [2.05, 4.69) is 0 Å². The van der Waals surface area contributed by atoms with Crippen molar-refractivity contribution >= 4 is 21.4 Å². The average molecular weight is 292 g/mol. The molecule has 0 aliphatic carbocycles. The van der Waals surface area contributed by atoms with Gasteiger partial charge in [0.25, 0.3) is 0 Å². The molecule has 0 saturated heterocycles. The van der Waals surface area contributed by atoms with Gasteiger partial charge in [-0.25, -0.2) is 8.42 Å². The smallest absolute Gasteiger partial charge is 0.239 e. The van der Waals surface area contributed by atoms with Crippen LogP contribution in [0.1, 0.15) is 5.56 Å². The van der Waals surface area contributed by atoms with Crippen molar-refractivity contribution < 1.29 is 13.5 Å². The first-order chi connectivity index (χ1) is 9.38. The molecule has 0 aliphatic rings. The van der Waals surface area contributed by atoms with Gasteiger partial charge < -0.3 is 10.8 Å². The zero-order chi connectivity index (χ0) is 14.8. The lowest BCUT2D eigenvalue weighted by Gasteiger charge is -2.19. The van der Waals surface area contributed by atoms with Crippen molar-refractivity contribution in [3.8, 4) is 5.75 Å². The summed E-state index contributed by atoms with van der Waals surface area (Å²) in [6.07, 6.45) is 0. The van der Waals surface area contributed by atoms with Crippen molar-refractivity contribution in [1.82, 2.24) is 0 Å². The van der Waals surface area contributed by atoms with E-state index in [0.29, 0.717) is 16.9 Å². The molecular weight excluding hydrogens is 276 g/mol. The summed E-state index contributed by atoms with van der Waals surface area (Å²) in [7, 11) is -2.05. The number of benzene rings is 2. The Morgan fingerprint density at radius 1 is 1.15 bits per heavy atom. The molecule has 0 atom stereocenters. The third-order valence-corrected chi connectivity index (χ3v) is 4.68. The van der Waals surface area contributed by atoms with Gasteiger partial charge in [-0.1, -0.05) is 18.2 Å². The van der Waals surface area contributed by atoms with E-state index in [1.54, 1.807) is 36.4 Å². The van der Waals surface area contributed by atoms with Crippen LogP contribution in [0.15, 0.2) is 48.5 Å². The molecule has 0 unspecified atom stereocenters. The van der Waals surface area contributed by atoms with Crippen molar-refractivity contribution in [3.05, 3.63) is 54.1 Å². The predicted octanol–water partition coefficient (Wildman–Crippen LogP) is 1.94. The number of rotatable bonds is 4. The van der Waals surface area contributed by atoms with Crippen molar-refractivity contribution in [2.24, 2.45) is 0 Å². The zero-order valence-electron chi connectivity index (χ0n) is 11.0. The van der Waals surface area contributed by atoms with Crippen LogP contribution in [0.3, 0.4) is 0 Å². The van der Waals surface area contributed by atoms with Crippen molar-refractivity contribution in [2.45, 2.75) is 5.75 Å². The first-order valence-corrected chi connectivity index (χ1v) is 7.59. The summed E-state index contributed by atoms with van der Waals surface area (Å²) in [5, 5.41) is 9.41. The second-order valence-corrected chi connectivity index (χ2v) is 6.49. The molecule has 6 heteroatoms. The van der Waals surface area contributed by atoms with Crippen LogP contribution in [0, 0.1) is 0 Å². The monoisotopic (exact) mass is 292 g/mol. The van der Waals surface area contributed by atoms with Crippen LogP contribution in [-0.4, -0.2) is 20.6 Å². The van der Waals surface area contributed by atoms with Crippen LogP contribution >= 0.6 is 0 Å². The highest BCUT2D eigenvalue weighted by Crippen LogP contribution is 2.23. The van der Waals surface area contributed by atoms with E-state index in [-0.39, 0.29) is 11.5 Å². The lowest BCUT2D eigenvalue weighted by atomic mass is 10.2. The van der Waals surface area contributed by atoms with Gasteiger partial charge in [0.2, 0.25) is 10.0 Å². The molecular formula is C14H16N2O3S. The molecule has 2 aromatic rings. The van der Waals surface area contributed by atoms with Gasteiger partial charge in [0.1, 0.15) is 5.75 Å². The number of phenols is 1. The van der Waals surface area contributed by atoms with Gasteiger partial charge in [-0.2, -0.15) is 0 Å². The van der Waals surface area contributed by atoms with Gasteiger partial charge in [-0.05, 0) is 29.8 Å². The van der Waals surface area contributed by atoms with Crippen molar-refractivity contribution in [2.75, 3.05) is 17.1 Å². The number of hydrogen-bond donors (Lipinski definition) is 2. The molecule has 0 fully saturated rings. The molecule has 0 bridgehead atoms. The van der Waals surface area contributed by atoms with Gasteiger partial charge in [0.15, 0.2) is 0 Å². The lowest BCUT2D eigenvalue weighted by molar-refractivity contribution is 0.475. The minimum atomic E-state index is -3.51. The summed E-state index contributed by atoms with van der Waals surface area (Å²) >= 11 is 0. The van der Waals surface area contributed by atoms with Crippen LogP contribution < -0.4 is 10.0 Å². The van der Waals surface area contributed by atoms with Crippen LogP contribution in [0.5, 0.6) is 5.75 Å². The summed E-state index contributed by atoms with van der Waals surface area (Å²) in [4.78, 5) is 0. The van der Waals surface area contributed by atoms with E-state index in [1.165, 1.54) is 19.2 Å². The molecule has 0 heterocycles. The maximum absolute atomic E-state index is 12.3. The Labute approximate surface area is 118 Å². The van der Waals surface area contributed by atoms with E-state index in [0.717, 1.165) is 4.31 Å². The molecule has 3 N–H and O–H groups in total. The fraction of sp³-hybridized carbons (Fsp3) is 0.143. The Bertz CT molecular complexity index is 697. The van der Waals surface area contributed by atoms with E-state index < -0.39 is 10.0 Å². The molecule has 20 heavy (non-hydrogen) atoms. The number of sulfonamides is 1. The number of nitrogen functional groups attached to an aromatic ring is 1. The van der Waals surface area contributed by atoms with Gasteiger partial charge in [0.05, 0.1) is 11.4 Å². The number of phenolic OH excluding ortho intramolecular Hbond substituents is 1. The Hall–Kier alpha value is -2.21. The SMILES string of the molecule is CN(c1cccc(O)c1)S(=O)(=O)Cc1ccc(N)cc1. The molecule has 0 saturated carbocycles. The summed E-state index contributed by atoms with van der Waals surface area (Å²) in [5.74, 6) is -0.101. The molecule has 0 radical (unpaired) electrons. The predicted molar refractivity (Wildman–Crippen MR) is 80.0 cm³/mol. The average Bonchev–Trinajstić information content (AvgIpc) is 2.40. The Morgan fingerprint density at radius 2 is 1.80 bits per heavy atom. The summed E-state index contributed by atoms with van der Waals surface area (Å²) in [6.45, 7) is 0. The van der Waals surface area contributed by atoms with Crippen LogP contribution in [-0.2, 0) is 15.8 Å². The topological polar surface area (TPSA) is 83.6 Å². The Balaban J connectivity index is 2.24. The van der Waals surface area contributed by atoms with E-state index >= 15 is 0 Å². The van der Waals surface area contributed by atoms with E-state index in [4.69, 9.17) is 5.73 Å². The molecule has 0 aliphatic heterocycles. The van der Waals surface area contributed by atoms with E-state index in [1.807, 2.05) is 0 Å². The third-order valence-electron chi connectivity index (χ3n) is 2.94. The van der Waals surface area contributed by atoms with Gasteiger partial charge >= 0.3 is 0 Å². The number of hydrogen-bond acceptors (Lipinski definition) is 4. The maximum Gasteiger partial charge on any atom is 0.239 e. The molecule has 2 aromatic carbocycles. The maximum atomic E-state index is 12.3. The zero-order valence-corrected chi connectivity index (χ0v) is 11.8. The number of nitrogens with zero attached hydrogens (tertiary/aromatic N) is 1. The second kappa shape index (κ2) is 5.42. The molecule has 106 valence electrons. The minimum Gasteiger partial charge on any atom is -0.508 e. The van der Waals surface area contributed by atoms with Gasteiger partial charge in [0, 0.05) is 18.8 Å². The van der Waals surface area contributed by atoms with Gasteiger partial charge in [-0.3, -0.25) is 4.31 Å². The highest BCUT2D eigenvalue weighted by molar-refractivity contribution is 7.92. The van der Waals surface area contributed by atoms with Gasteiger partial charge in [-0.15, -0.1) is 0 Å². The van der Waals surface area contributed by atoms with E-state index in [9.17, 15) is 13.5 Å². The van der Waals surface area contributed by atoms with Crippen molar-refractivity contribution in [3.63, 3.8) is 0 Å². The second-order valence-electron chi connectivity index (χ2n) is 4.49. The quantitative estimate of drug-likeness (QED) is 0.844. The standard InChI is InChI=1S/C14H16N2O3S/c1-16(13-3-2-4-14(17)9-13)20(18,19)10-11-5-7-12(15)8-6-11/h2-9,17H,10,15H2,1H3. The van der Waals surface area contributed by atoms with Crippen LogP contribution in [0.25, 0.3) is 0 Å². The lowest BCUT2D eigenvalue weighted by Crippen LogP contribution is -2.27. The first kappa shape index (κ1) is 14.2. The van der Waals surface area contributed by atoms with Crippen LogP contribution in [0.4, 0.5) is 11.4 Å². The summed E-state index contributed by atoms with van der Waals surface area (Å²) in [6, 6.07) is 12.8. The summed E-state index contributed by atoms with van der Waals surface area (Å²) < 4.78 is 25.8. The first-order valence-electron chi connectivity index (χ1n) is 5.98. The van der Waals surface area contributed by atoms with Crippen molar-refractivity contribution in [1.29, 1.82) is 0 Å².